The Morgan fingerprint density at radius 2 is 2.17 bits per heavy atom. The molecule has 1 nitrogen and oxygen atoms in total. The minimum absolute atomic E-state index is 0.123. The highest BCUT2D eigenvalue weighted by atomic mass is 79.9. The third-order valence-corrected chi connectivity index (χ3v) is 3.47. The van der Waals surface area contributed by atoms with Crippen LogP contribution in [-0.2, 0) is 5.41 Å². The predicted octanol–water partition coefficient (Wildman–Crippen LogP) is 3.41. The van der Waals surface area contributed by atoms with E-state index in [1.54, 1.807) is 0 Å². The number of nitrogens with zero attached hydrogens (tertiary/aromatic N) is 1. The topological polar surface area (TPSA) is 12.9 Å². The van der Waals surface area contributed by atoms with E-state index in [1.807, 2.05) is 18.3 Å². The first kappa shape index (κ1) is 10.0. The van der Waals surface area contributed by atoms with Gasteiger partial charge in [0.2, 0.25) is 0 Å². The third-order valence-electron chi connectivity index (χ3n) is 1.84. The second-order valence-corrected chi connectivity index (χ2v) is 4.34. The molecule has 0 aliphatic heterocycles. The molecule has 0 unspecified atom stereocenters. The van der Waals surface area contributed by atoms with E-state index in [4.69, 9.17) is 11.6 Å². The summed E-state index contributed by atoms with van der Waals surface area (Å²) in [6.45, 7) is 4.32. The monoisotopic (exact) mass is 247 g/mol. The predicted molar refractivity (Wildman–Crippen MR) is 56.1 cm³/mol. The highest BCUT2D eigenvalue weighted by Crippen LogP contribution is 2.24. The molecular formula is C9H11BrClN. The Kier molecular flexibility index (Phi) is 3.13. The highest BCUT2D eigenvalue weighted by molar-refractivity contribution is 9.09. The number of pyridine rings is 1. The summed E-state index contributed by atoms with van der Waals surface area (Å²) in [5.74, 6) is 0. The van der Waals surface area contributed by atoms with Crippen LogP contribution in [0.1, 0.15) is 19.4 Å². The molecule has 0 aliphatic carbocycles. The maximum atomic E-state index is 5.68. The molecule has 0 radical (unpaired) electrons. The van der Waals surface area contributed by atoms with Crippen molar-refractivity contribution in [2.75, 3.05) is 5.33 Å². The molecule has 0 fully saturated rings. The van der Waals surface area contributed by atoms with Crippen LogP contribution in [0.25, 0.3) is 0 Å². The van der Waals surface area contributed by atoms with Crippen molar-refractivity contribution in [2.24, 2.45) is 0 Å². The van der Waals surface area contributed by atoms with Crippen LogP contribution < -0.4 is 0 Å². The van der Waals surface area contributed by atoms with E-state index in [1.165, 1.54) is 5.56 Å². The maximum absolute atomic E-state index is 5.68. The van der Waals surface area contributed by atoms with Crippen molar-refractivity contribution >= 4 is 27.5 Å². The Morgan fingerprint density at radius 3 is 2.58 bits per heavy atom. The van der Waals surface area contributed by atoms with Gasteiger partial charge in [0.05, 0.1) is 0 Å². The zero-order chi connectivity index (χ0) is 9.19. The number of hydrogen-bond acceptors (Lipinski definition) is 1. The van der Waals surface area contributed by atoms with E-state index in [0.717, 1.165) is 5.33 Å². The van der Waals surface area contributed by atoms with E-state index in [0.29, 0.717) is 5.15 Å². The van der Waals surface area contributed by atoms with Gasteiger partial charge in [-0.05, 0) is 11.6 Å². The van der Waals surface area contributed by atoms with Crippen molar-refractivity contribution in [1.29, 1.82) is 0 Å². The van der Waals surface area contributed by atoms with Gasteiger partial charge in [-0.15, -0.1) is 0 Å². The summed E-state index contributed by atoms with van der Waals surface area (Å²) >= 11 is 9.15. The van der Waals surface area contributed by atoms with Gasteiger partial charge < -0.3 is 0 Å². The number of rotatable bonds is 2. The second-order valence-electron chi connectivity index (χ2n) is 3.39. The maximum Gasteiger partial charge on any atom is 0.129 e. The molecule has 3 heteroatoms. The Hall–Kier alpha value is -0.0800. The van der Waals surface area contributed by atoms with Gasteiger partial charge in [0.15, 0.2) is 0 Å². The number of halogens is 2. The smallest absolute Gasteiger partial charge is 0.129 e. The first-order valence-electron chi connectivity index (χ1n) is 3.74. The average Bonchev–Trinajstić information content (AvgIpc) is 2.05. The average molecular weight is 249 g/mol. The second kappa shape index (κ2) is 3.75. The van der Waals surface area contributed by atoms with Gasteiger partial charge in [0.25, 0.3) is 0 Å². The molecule has 1 heterocycles. The summed E-state index contributed by atoms with van der Waals surface area (Å²) in [4.78, 5) is 4.04. The van der Waals surface area contributed by atoms with Crippen molar-refractivity contribution in [1.82, 2.24) is 4.98 Å². The number of aromatic nitrogens is 1. The van der Waals surface area contributed by atoms with E-state index >= 15 is 0 Å². The summed E-state index contributed by atoms with van der Waals surface area (Å²) in [5, 5.41) is 1.47. The molecule has 0 aromatic carbocycles. The summed E-state index contributed by atoms with van der Waals surface area (Å²) in [6.07, 6.45) is 1.82. The molecule has 0 atom stereocenters. The lowest BCUT2D eigenvalue weighted by molar-refractivity contribution is 0.604. The van der Waals surface area contributed by atoms with E-state index in [-0.39, 0.29) is 5.41 Å². The molecule has 0 N–H and O–H groups in total. The minimum atomic E-state index is 0.123. The van der Waals surface area contributed by atoms with Crippen LogP contribution in [0.15, 0.2) is 18.3 Å². The number of hydrogen-bond donors (Lipinski definition) is 0. The van der Waals surface area contributed by atoms with Crippen LogP contribution in [0.3, 0.4) is 0 Å². The van der Waals surface area contributed by atoms with Crippen molar-refractivity contribution in [2.45, 2.75) is 19.3 Å². The van der Waals surface area contributed by atoms with Crippen molar-refractivity contribution in [3.63, 3.8) is 0 Å². The zero-order valence-corrected chi connectivity index (χ0v) is 9.48. The quantitative estimate of drug-likeness (QED) is 0.577. The molecule has 0 bridgehead atoms. The Balaban J connectivity index is 2.96. The molecule has 1 rings (SSSR count). The van der Waals surface area contributed by atoms with Crippen molar-refractivity contribution in [3.05, 3.63) is 29.0 Å². The lowest BCUT2D eigenvalue weighted by atomic mass is 9.88. The fourth-order valence-electron chi connectivity index (χ4n) is 0.853. The first-order chi connectivity index (χ1) is 5.56. The molecule has 0 spiro atoms. The van der Waals surface area contributed by atoms with Crippen LogP contribution in [0.4, 0.5) is 0 Å². The fourth-order valence-corrected chi connectivity index (χ4v) is 1.29. The molecule has 0 saturated heterocycles. The van der Waals surface area contributed by atoms with Crippen LogP contribution in [0.5, 0.6) is 0 Å². The lowest BCUT2D eigenvalue weighted by Gasteiger charge is -2.21. The standard InChI is InChI=1S/C9H11BrClN/c1-9(2,6-10)7-3-4-8(11)12-5-7/h3-5H,6H2,1-2H3. The first-order valence-corrected chi connectivity index (χ1v) is 5.24. The molecule has 12 heavy (non-hydrogen) atoms. The van der Waals surface area contributed by atoms with Crippen LogP contribution >= 0.6 is 27.5 Å². The Bertz CT molecular complexity index is 256. The Labute approximate surface area is 86.3 Å². The molecule has 1 aromatic heterocycles. The molecule has 0 saturated carbocycles. The molecule has 0 amide bonds. The number of alkyl halides is 1. The fraction of sp³-hybridized carbons (Fsp3) is 0.444. The molecule has 66 valence electrons. The van der Waals surface area contributed by atoms with Gasteiger partial charge in [0.1, 0.15) is 5.15 Å². The summed E-state index contributed by atoms with van der Waals surface area (Å²) in [6, 6.07) is 3.83. The van der Waals surface area contributed by atoms with E-state index in [2.05, 4.69) is 34.8 Å². The normalized spacial score (nSPS) is 11.7. The van der Waals surface area contributed by atoms with Gasteiger partial charge in [0, 0.05) is 16.9 Å². The van der Waals surface area contributed by atoms with Gasteiger partial charge in [-0.2, -0.15) is 0 Å². The van der Waals surface area contributed by atoms with E-state index < -0.39 is 0 Å². The van der Waals surface area contributed by atoms with Gasteiger partial charge >= 0.3 is 0 Å². The van der Waals surface area contributed by atoms with Gasteiger partial charge in [-0.1, -0.05) is 47.4 Å². The summed E-state index contributed by atoms with van der Waals surface area (Å²) < 4.78 is 0. The van der Waals surface area contributed by atoms with Gasteiger partial charge in [-0.3, -0.25) is 0 Å². The van der Waals surface area contributed by atoms with Crippen LogP contribution in [0, 0.1) is 0 Å². The van der Waals surface area contributed by atoms with Gasteiger partial charge in [-0.25, -0.2) is 4.98 Å². The van der Waals surface area contributed by atoms with E-state index in [9.17, 15) is 0 Å². The highest BCUT2D eigenvalue weighted by Gasteiger charge is 2.18. The largest absolute Gasteiger partial charge is 0.244 e. The van der Waals surface area contributed by atoms with Crippen molar-refractivity contribution < 1.29 is 0 Å². The molecule has 1 aromatic rings. The Morgan fingerprint density at radius 1 is 1.50 bits per heavy atom. The minimum Gasteiger partial charge on any atom is -0.244 e. The lowest BCUT2D eigenvalue weighted by Crippen LogP contribution is -2.18. The van der Waals surface area contributed by atoms with Crippen molar-refractivity contribution in [3.8, 4) is 0 Å². The summed E-state index contributed by atoms with van der Waals surface area (Å²) in [5.41, 5.74) is 1.32. The van der Waals surface area contributed by atoms with Crippen LogP contribution in [-0.4, -0.2) is 10.3 Å². The summed E-state index contributed by atoms with van der Waals surface area (Å²) in [7, 11) is 0. The third kappa shape index (κ3) is 2.20. The zero-order valence-electron chi connectivity index (χ0n) is 7.14. The van der Waals surface area contributed by atoms with Crippen LogP contribution in [0.2, 0.25) is 5.15 Å². The SMILES string of the molecule is CC(C)(CBr)c1ccc(Cl)nc1. The molecular weight excluding hydrogens is 237 g/mol. The molecule has 0 aliphatic rings.